The second kappa shape index (κ2) is 6.90. The van der Waals surface area contributed by atoms with Gasteiger partial charge in [-0.25, -0.2) is 0 Å². The van der Waals surface area contributed by atoms with Gasteiger partial charge in [-0.1, -0.05) is 24.3 Å². The lowest BCUT2D eigenvalue weighted by Crippen LogP contribution is -2.31. The zero-order chi connectivity index (χ0) is 18.1. The monoisotopic (exact) mass is 370 g/mol. The van der Waals surface area contributed by atoms with Crippen molar-refractivity contribution in [2.24, 2.45) is 7.05 Å². The number of nitrogens with zero attached hydrogens (tertiary/aromatic N) is 4. The zero-order valence-corrected chi connectivity index (χ0v) is 15.7. The van der Waals surface area contributed by atoms with Crippen LogP contribution in [0.2, 0.25) is 0 Å². The summed E-state index contributed by atoms with van der Waals surface area (Å²) in [5, 5.41) is 20.6. The molecule has 1 aliphatic rings. The molecule has 0 spiro atoms. The molecule has 136 valence electrons. The van der Waals surface area contributed by atoms with Crippen LogP contribution in [0.15, 0.2) is 57.4 Å². The number of β-amino-alcohol motifs (C(OH)–C–C–N with tert-alkyl or cyclic N) is 1. The summed E-state index contributed by atoms with van der Waals surface area (Å²) in [6.45, 7) is 4.20. The maximum absolute atomic E-state index is 11.1. The number of aliphatic hydroxyl groups is 1. The SMILES string of the molecule is Cc1ccccc1C1(O)CCN(Cc2ccc(Sc3nncn3C)o2)C1. The average molecular weight is 370 g/mol. The van der Waals surface area contributed by atoms with E-state index >= 15 is 0 Å². The summed E-state index contributed by atoms with van der Waals surface area (Å²) in [5.41, 5.74) is 1.38. The third-order valence-electron chi connectivity index (χ3n) is 4.85. The van der Waals surface area contributed by atoms with Gasteiger partial charge in [0.15, 0.2) is 10.2 Å². The maximum atomic E-state index is 11.1. The second-order valence-electron chi connectivity index (χ2n) is 6.85. The molecule has 0 radical (unpaired) electrons. The first-order chi connectivity index (χ1) is 12.5. The van der Waals surface area contributed by atoms with Crippen molar-refractivity contribution < 1.29 is 9.52 Å². The summed E-state index contributed by atoms with van der Waals surface area (Å²) in [7, 11) is 1.91. The Kier molecular flexibility index (Phi) is 4.60. The van der Waals surface area contributed by atoms with E-state index in [9.17, 15) is 5.11 Å². The fourth-order valence-electron chi connectivity index (χ4n) is 3.49. The predicted octanol–water partition coefficient (Wildman–Crippen LogP) is 2.96. The smallest absolute Gasteiger partial charge is 0.198 e. The third-order valence-corrected chi connectivity index (χ3v) is 5.82. The van der Waals surface area contributed by atoms with Crippen molar-refractivity contribution in [2.45, 2.75) is 35.7 Å². The number of likely N-dealkylation sites (tertiary alicyclic amines) is 1. The highest BCUT2D eigenvalue weighted by atomic mass is 32.2. The highest BCUT2D eigenvalue weighted by Gasteiger charge is 2.38. The Morgan fingerprint density at radius 2 is 2.12 bits per heavy atom. The second-order valence-corrected chi connectivity index (χ2v) is 7.83. The van der Waals surface area contributed by atoms with Crippen LogP contribution < -0.4 is 0 Å². The van der Waals surface area contributed by atoms with Gasteiger partial charge < -0.3 is 14.1 Å². The molecule has 1 N–H and O–H groups in total. The van der Waals surface area contributed by atoms with Gasteiger partial charge in [0.25, 0.3) is 0 Å². The van der Waals surface area contributed by atoms with Crippen molar-refractivity contribution in [2.75, 3.05) is 13.1 Å². The van der Waals surface area contributed by atoms with Gasteiger partial charge in [-0.05, 0) is 48.4 Å². The molecule has 0 saturated carbocycles. The van der Waals surface area contributed by atoms with E-state index in [0.29, 0.717) is 13.1 Å². The quantitative estimate of drug-likeness (QED) is 0.745. The molecule has 4 rings (SSSR count). The fraction of sp³-hybridized carbons (Fsp3) is 0.368. The van der Waals surface area contributed by atoms with Gasteiger partial charge in [-0.3, -0.25) is 4.90 Å². The molecule has 3 heterocycles. The minimum Gasteiger partial charge on any atom is -0.453 e. The molecule has 0 aliphatic carbocycles. The van der Waals surface area contributed by atoms with E-state index in [1.807, 2.05) is 41.9 Å². The Morgan fingerprint density at radius 1 is 1.27 bits per heavy atom. The van der Waals surface area contributed by atoms with Gasteiger partial charge in [0.1, 0.15) is 17.7 Å². The standard InChI is InChI=1S/C19H22N4O2S/c1-14-5-3-4-6-16(14)19(24)9-10-23(12-19)11-15-7-8-17(25-15)26-18-21-20-13-22(18)2/h3-8,13,24H,9-12H2,1-2H3. The molecule has 1 unspecified atom stereocenters. The van der Waals surface area contributed by atoms with Gasteiger partial charge in [0.2, 0.25) is 0 Å². The van der Waals surface area contributed by atoms with Crippen LogP contribution in [0, 0.1) is 6.92 Å². The van der Waals surface area contributed by atoms with Crippen molar-refractivity contribution in [1.29, 1.82) is 0 Å². The van der Waals surface area contributed by atoms with E-state index in [1.165, 1.54) is 11.8 Å². The van der Waals surface area contributed by atoms with E-state index < -0.39 is 5.60 Å². The first kappa shape index (κ1) is 17.3. The summed E-state index contributed by atoms with van der Waals surface area (Å²) in [6.07, 6.45) is 2.40. The van der Waals surface area contributed by atoms with Crippen LogP contribution in [0.3, 0.4) is 0 Å². The molecule has 1 fully saturated rings. The Bertz CT molecular complexity index is 906. The molecule has 1 aromatic carbocycles. The van der Waals surface area contributed by atoms with E-state index in [2.05, 4.69) is 28.1 Å². The number of hydrogen-bond acceptors (Lipinski definition) is 6. The van der Waals surface area contributed by atoms with Crippen LogP contribution in [0.1, 0.15) is 23.3 Å². The average Bonchev–Trinajstić information content (AvgIpc) is 3.32. The largest absolute Gasteiger partial charge is 0.453 e. The lowest BCUT2D eigenvalue weighted by Gasteiger charge is -2.25. The number of hydrogen-bond donors (Lipinski definition) is 1. The van der Waals surface area contributed by atoms with Crippen molar-refractivity contribution >= 4 is 11.8 Å². The molecule has 1 atom stereocenters. The molecule has 0 bridgehead atoms. The van der Waals surface area contributed by atoms with Crippen LogP contribution in [0.25, 0.3) is 0 Å². The Labute approximate surface area is 156 Å². The van der Waals surface area contributed by atoms with Crippen molar-refractivity contribution in [3.63, 3.8) is 0 Å². The van der Waals surface area contributed by atoms with Gasteiger partial charge in [0.05, 0.1) is 6.54 Å². The number of aryl methyl sites for hydroxylation is 2. The fourth-order valence-corrected chi connectivity index (χ4v) is 4.24. The van der Waals surface area contributed by atoms with Crippen LogP contribution in [0.4, 0.5) is 0 Å². The molecule has 6 nitrogen and oxygen atoms in total. The lowest BCUT2D eigenvalue weighted by atomic mass is 9.89. The Morgan fingerprint density at radius 3 is 2.88 bits per heavy atom. The van der Waals surface area contributed by atoms with E-state index in [4.69, 9.17) is 4.42 Å². The molecule has 1 aliphatic heterocycles. The third kappa shape index (κ3) is 3.42. The summed E-state index contributed by atoms with van der Waals surface area (Å²) in [4.78, 5) is 2.24. The van der Waals surface area contributed by atoms with Gasteiger partial charge >= 0.3 is 0 Å². The van der Waals surface area contributed by atoms with Crippen molar-refractivity contribution in [1.82, 2.24) is 19.7 Å². The summed E-state index contributed by atoms with van der Waals surface area (Å²) < 4.78 is 7.79. The molecular weight excluding hydrogens is 348 g/mol. The van der Waals surface area contributed by atoms with Crippen LogP contribution in [0.5, 0.6) is 0 Å². The Hall–Kier alpha value is -2.09. The van der Waals surface area contributed by atoms with E-state index in [1.54, 1.807) is 6.33 Å². The highest BCUT2D eigenvalue weighted by Crippen LogP contribution is 2.35. The summed E-state index contributed by atoms with van der Waals surface area (Å²) >= 11 is 1.45. The molecule has 3 aromatic rings. The Balaban J connectivity index is 1.41. The van der Waals surface area contributed by atoms with Crippen molar-refractivity contribution in [3.05, 3.63) is 59.6 Å². The van der Waals surface area contributed by atoms with Crippen LogP contribution in [-0.2, 0) is 19.2 Å². The topological polar surface area (TPSA) is 67.3 Å². The maximum Gasteiger partial charge on any atom is 0.198 e. The summed E-state index contributed by atoms with van der Waals surface area (Å²) in [6, 6.07) is 12.0. The number of benzene rings is 1. The molecule has 7 heteroatoms. The highest BCUT2D eigenvalue weighted by molar-refractivity contribution is 7.99. The molecule has 2 aromatic heterocycles. The van der Waals surface area contributed by atoms with Crippen LogP contribution in [-0.4, -0.2) is 37.9 Å². The molecule has 26 heavy (non-hydrogen) atoms. The predicted molar refractivity (Wildman–Crippen MR) is 98.8 cm³/mol. The van der Waals surface area contributed by atoms with Crippen LogP contribution >= 0.6 is 11.8 Å². The molecular formula is C19H22N4O2S. The minimum absolute atomic E-state index is 0.615. The van der Waals surface area contributed by atoms with Crippen molar-refractivity contribution in [3.8, 4) is 0 Å². The minimum atomic E-state index is -0.784. The number of aromatic nitrogens is 3. The first-order valence-corrected chi connectivity index (χ1v) is 9.46. The lowest BCUT2D eigenvalue weighted by molar-refractivity contribution is 0.0438. The molecule has 1 saturated heterocycles. The van der Waals surface area contributed by atoms with E-state index in [-0.39, 0.29) is 0 Å². The van der Waals surface area contributed by atoms with Gasteiger partial charge in [0, 0.05) is 20.1 Å². The van der Waals surface area contributed by atoms with Gasteiger partial charge in [-0.15, -0.1) is 10.2 Å². The first-order valence-electron chi connectivity index (χ1n) is 8.65. The zero-order valence-electron chi connectivity index (χ0n) is 14.9. The van der Waals surface area contributed by atoms with E-state index in [0.717, 1.165) is 40.1 Å². The number of rotatable bonds is 5. The van der Waals surface area contributed by atoms with Gasteiger partial charge in [-0.2, -0.15) is 0 Å². The number of furan rings is 1. The molecule has 0 amide bonds. The summed E-state index contributed by atoms with van der Waals surface area (Å²) in [5.74, 6) is 0.892. The normalized spacial score (nSPS) is 20.7.